The third-order valence-electron chi connectivity index (χ3n) is 5.18. The van der Waals surface area contributed by atoms with Gasteiger partial charge in [-0.25, -0.2) is 4.98 Å². The Labute approximate surface area is 176 Å². The maximum atomic E-state index is 12.7. The van der Waals surface area contributed by atoms with Gasteiger partial charge >= 0.3 is 0 Å². The van der Waals surface area contributed by atoms with Gasteiger partial charge in [-0.3, -0.25) is 9.78 Å². The number of Topliss-reactive ketones (excluding diaryl/α,β-unsaturated/α-hetero) is 1. The summed E-state index contributed by atoms with van der Waals surface area (Å²) in [5.41, 5.74) is 3.57. The molecule has 2 heterocycles. The maximum absolute atomic E-state index is 12.7. The number of fused-ring (bicyclic) bond motifs is 1. The van der Waals surface area contributed by atoms with Gasteiger partial charge in [0.2, 0.25) is 0 Å². The lowest BCUT2D eigenvalue weighted by atomic mass is 10.0. The van der Waals surface area contributed by atoms with Gasteiger partial charge in [-0.05, 0) is 62.6 Å². The van der Waals surface area contributed by atoms with Gasteiger partial charge in [-0.2, -0.15) is 0 Å². The SMILES string of the molecule is Cc1ncc(-c2ccc3cnc(CC(=O)c4ccc(OC(C)C)cc4)cc3c2)n1C. The third kappa shape index (κ3) is 4.10. The standard InChI is InChI=1S/C25H25N3O2/c1-16(2)30-23-9-7-18(8-10-23)25(29)13-22-12-21-11-19(5-6-20(21)14-27-22)24-15-26-17(3)28(24)4/h5-12,14-16H,13H2,1-4H3. The molecule has 2 aromatic carbocycles. The zero-order valence-corrected chi connectivity index (χ0v) is 17.7. The Balaban J connectivity index is 1.57. The molecule has 30 heavy (non-hydrogen) atoms. The second-order valence-electron chi connectivity index (χ2n) is 7.78. The zero-order chi connectivity index (χ0) is 21.3. The molecule has 0 aliphatic rings. The molecule has 0 radical (unpaired) electrons. The van der Waals surface area contributed by atoms with Crippen LogP contribution in [0.1, 0.15) is 35.7 Å². The lowest BCUT2D eigenvalue weighted by molar-refractivity contribution is 0.0992. The van der Waals surface area contributed by atoms with Crippen molar-refractivity contribution in [1.82, 2.24) is 14.5 Å². The number of hydrogen-bond acceptors (Lipinski definition) is 4. The number of hydrogen-bond donors (Lipinski definition) is 0. The van der Waals surface area contributed by atoms with Crippen LogP contribution in [0.5, 0.6) is 5.75 Å². The highest BCUT2D eigenvalue weighted by Crippen LogP contribution is 2.25. The van der Waals surface area contributed by atoms with E-state index in [2.05, 4.69) is 32.7 Å². The van der Waals surface area contributed by atoms with Crippen molar-refractivity contribution < 1.29 is 9.53 Å². The first kappa shape index (κ1) is 19.8. The largest absolute Gasteiger partial charge is 0.491 e. The molecule has 0 N–H and O–H groups in total. The molecule has 2 aromatic heterocycles. The van der Waals surface area contributed by atoms with Gasteiger partial charge in [0, 0.05) is 35.5 Å². The normalized spacial score (nSPS) is 11.2. The molecule has 152 valence electrons. The lowest BCUT2D eigenvalue weighted by Crippen LogP contribution is -2.07. The van der Waals surface area contributed by atoms with Gasteiger partial charge in [-0.1, -0.05) is 12.1 Å². The van der Waals surface area contributed by atoms with Gasteiger partial charge in [0.05, 0.1) is 24.4 Å². The molecular weight excluding hydrogens is 374 g/mol. The van der Waals surface area contributed by atoms with E-state index < -0.39 is 0 Å². The van der Waals surface area contributed by atoms with E-state index in [-0.39, 0.29) is 18.3 Å². The highest BCUT2D eigenvalue weighted by atomic mass is 16.5. The Morgan fingerprint density at radius 3 is 2.43 bits per heavy atom. The van der Waals surface area contributed by atoms with Gasteiger partial charge in [0.1, 0.15) is 11.6 Å². The van der Waals surface area contributed by atoms with Crippen molar-refractivity contribution in [2.45, 2.75) is 33.3 Å². The monoisotopic (exact) mass is 399 g/mol. The number of rotatable bonds is 6. The van der Waals surface area contributed by atoms with Crippen LogP contribution in [0.25, 0.3) is 22.0 Å². The van der Waals surface area contributed by atoms with Crippen molar-refractivity contribution in [2.24, 2.45) is 7.05 Å². The summed E-state index contributed by atoms with van der Waals surface area (Å²) in [6.07, 6.45) is 4.08. The van der Waals surface area contributed by atoms with Crippen LogP contribution in [0, 0.1) is 6.92 Å². The molecule has 4 rings (SSSR count). The molecule has 0 saturated heterocycles. The third-order valence-corrected chi connectivity index (χ3v) is 5.18. The molecule has 0 aliphatic carbocycles. The van der Waals surface area contributed by atoms with Crippen molar-refractivity contribution >= 4 is 16.6 Å². The first-order chi connectivity index (χ1) is 14.4. The van der Waals surface area contributed by atoms with E-state index in [1.54, 1.807) is 0 Å². The Kier molecular flexibility index (Phi) is 5.36. The number of nitrogens with zero attached hydrogens (tertiary/aromatic N) is 3. The molecule has 0 bridgehead atoms. The Morgan fingerprint density at radius 1 is 1.00 bits per heavy atom. The zero-order valence-electron chi connectivity index (χ0n) is 17.7. The number of ketones is 1. The maximum Gasteiger partial charge on any atom is 0.168 e. The number of aromatic nitrogens is 3. The van der Waals surface area contributed by atoms with E-state index in [9.17, 15) is 4.79 Å². The van der Waals surface area contributed by atoms with Crippen LogP contribution in [0.2, 0.25) is 0 Å². The quantitative estimate of drug-likeness (QED) is 0.421. The van der Waals surface area contributed by atoms with Crippen LogP contribution < -0.4 is 4.74 Å². The van der Waals surface area contributed by atoms with E-state index in [4.69, 9.17) is 4.74 Å². The summed E-state index contributed by atoms with van der Waals surface area (Å²) in [5, 5.41) is 2.11. The fourth-order valence-corrected chi connectivity index (χ4v) is 3.47. The summed E-state index contributed by atoms with van der Waals surface area (Å²) in [6.45, 7) is 5.94. The molecule has 0 atom stereocenters. The number of benzene rings is 2. The smallest absolute Gasteiger partial charge is 0.168 e. The van der Waals surface area contributed by atoms with Crippen molar-refractivity contribution in [3.8, 4) is 17.0 Å². The Bertz CT molecular complexity index is 1210. The Hall–Kier alpha value is -3.47. The van der Waals surface area contributed by atoms with Crippen LogP contribution in [0.15, 0.2) is 60.9 Å². The summed E-state index contributed by atoms with van der Waals surface area (Å²) in [7, 11) is 2.01. The predicted molar refractivity (Wildman–Crippen MR) is 119 cm³/mol. The van der Waals surface area contributed by atoms with Gasteiger partial charge in [-0.15, -0.1) is 0 Å². The molecule has 0 unspecified atom stereocenters. The summed E-state index contributed by atoms with van der Waals surface area (Å²) in [6, 6.07) is 15.5. The molecule has 0 saturated carbocycles. The van der Waals surface area contributed by atoms with Crippen molar-refractivity contribution in [3.63, 3.8) is 0 Å². The van der Waals surface area contributed by atoms with Crippen LogP contribution in [0.3, 0.4) is 0 Å². The van der Waals surface area contributed by atoms with E-state index in [0.717, 1.165) is 39.3 Å². The second-order valence-corrected chi connectivity index (χ2v) is 7.78. The highest BCUT2D eigenvalue weighted by molar-refractivity contribution is 5.98. The second kappa shape index (κ2) is 8.11. The van der Waals surface area contributed by atoms with Gasteiger partial charge < -0.3 is 9.30 Å². The molecule has 5 heteroatoms. The summed E-state index contributed by atoms with van der Waals surface area (Å²) >= 11 is 0. The van der Waals surface area contributed by atoms with E-state index in [1.165, 1.54) is 0 Å². The first-order valence-electron chi connectivity index (χ1n) is 10.1. The summed E-state index contributed by atoms with van der Waals surface area (Å²) in [5.74, 6) is 1.77. The van der Waals surface area contributed by atoms with E-state index in [1.807, 2.05) is 70.5 Å². The van der Waals surface area contributed by atoms with Crippen LogP contribution >= 0.6 is 0 Å². The molecule has 0 aliphatic heterocycles. The topological polar surface area (TPSA) is 57.0 Å². The lowest BCUT2D eigenvalue weighted by Gasteiger charge is -2.10. The number of carbonyl (C=O) groups excluding carboxylic acids is 1. The van der Waals surface area contributed by atoms with Crippen molar-refractivity contribution in [2.75, 3.05) is 0 Å². The van der Waals surface area contributed by atoms with Crippen LogP contribution in [-0.2, 0) is 13.5 Å². The van der Waals surface area contributed by atoms with E-state index >= 15 is 0 Å². The molecule has 0 amide bonds. The number of imidazole rings is 1. The minimum absolute atomic E-state index is 0.0383. The summed E-state index contributed by atoms with van der Waals surface area (Å²) < 4.78 is 7.71. The first-order valence-corrected chi connectivity index (χ1v) is 10.1. The minimum Gasteiger partial charge on any atom is -0.491 e. The number of carbonyl (C=O) groups is 1. The molecule has 0 fully saturated rings. The number of ether oxygens (including phenoxy) is 1. The van der Waals surface area contributed by atoms with E-state index in [0.29, 0.717) is 5.56 Å². The van der Waals surface area contributed by atoms with Crippen molar-refractivity contribution in [1.29, 1.82) is 0 Å². The van der Waals surface area contributed by atoms with Crippen LogP contribution in [-0.4, -0.2) is 26.4 Å². The fourth-order valence-electron chi connectivity index (χ4n) is 3.47. The van der Waals surface area contributed by atoms with Crippen molar-refractivity contribution in [3.05, 3.63) is 78.0 Å². The minimum atomic E-state index is 0.0383. The average molecular weight is 399 g/mol. The Morgan fingerprint density at radius 2 is 1.77 bits per heavy atom. The number of pyridine rings is 1. The highest BCUT2D eigenvalue weighted by Gasteiger charge is 2.11. The van der Waals surface area contributed by atoms with Crippen LogP contribution in [0.4, 0.5) is 0 Å². The predicted octanol–water partition coefficient (Wildman–Crippen LogP) is 5.16. The summed E-state index contributed by atoms with van der Waals surface area (Å²) in [4.78, 5) is 21.6. The molecule has 5 nitrogen and oxygen atoms in total. The molecule has 0 spiro atoms. The molecule has 4 aromatic rings. The number of aryl methyl sites for hydroxylation is 1. The van der Waals surface area contributed by atoms with Gasteiger partial charge in [0.15, 0.2) is 5.78 Å². The molecular formula is C25H25N3O2. The van der Waals surface area contributed by atoms with Gasteiger partial charge in [0.25, 0.3) is 0 Å². The average Bonchev–Trinajstić information content (AvgIpc) is 3.06. The fraction of sp³-hybridized carbons (Fsp3) is 0.240.